The van der Waals surface area contributed by atoms with Crippen LogP contribution in [-0.4, -0.2) is 63.9 Å². The number of piperazine rings is 1. The van der Waals surface area contributed by atoms with Crippen LogP contribution in [0.15, 0.2) is 18.2 Å². The average Bonchev–Trinajstić information content (AvgIpc) is 3.34. The van der Waals surface area contributed by atoms with Crippen molar-refractivity contribution in [1.82, 2.24) is 4.90 Å². The third kappa shape index (κ3) is 6.00. The predicted octanol–water partition coefficient (Wildman–Crippen LogP) is 6.33. The lowest BCUT2D eigenvalue weighted by molar-refractivity contribution is 0.121. The molecule has 1 aliphatic carbocycles. The Morgan fingerprint density at radius 2 is 1.61 bits per heavy atom. The van der Waals surface area contributed by atoms with E-state index >= 15 is 0 Å². The molecule has 4 rings (SSSR count). The molecule has 2 saturated heterocycles. The smallest absolute Gasteiger partial charge is 0.0762 e. The van der Waals surface area contributed by atoms with Gasteiger partial charge in [-0.05, 0) is 80.2 Å². The number of hydrogen-bond acceptors (Lipinski definition) is 4. The molecule has 0 N–H and O–H groups in total. The molecule has 0 spiro atoms. The summed E-state index contributed by atoms with van der Waals surface area (Å²) in [5, 5.41) is 0. The molecule has 4 nitrogen and oxygen atoms in total. The number of nitrogens with zero attached hydrogens (tertiary/aromatic N) is 3. The molecule has 188 valence electrons. The van der Waals surface area contributed by atoms with Gasteiger partial charge in [-0.25, -0.2) is 0 Å². The third-order valence-corrected chi connectivity index (χ3v) is 9.09. The van der Waals surface area contributed by atoms with Gasteiger partial charge in [0.2, 0.25) is 0 Å². The highest BCUT2D eigenvalue weighted by atomic mass is 35.5. The van der Waals surface area contributed by atoms with E-state index in [0.29, 0.717) is 17.4 Å². The largest absolute Gasteiger partial charge is 0.380 e. The summed E-state index contributed by atoms with van der Waals surface area (Å²) in [6.07, 6.45) is 11.0. The van der Waals surface area contributed by atoms with Crippen LogP contribution in [-0.2, 0) is 4.74 Å². The number of ether oxygens (including phenoxy) is 1. The molecule has 33 heavy (non-hydrogen) atoms. The SMILES string of the molecule is CCCN1CCN(c2ccc(N3CC[C@@H](OC)C3)cc2C2CCC(CC)(CC)CC2)CC1.Cl. The van der Waals surface area contributed by atoms with E-state index in [4.69, 9.17) is 4.74 Å². The molecule has 0 amide bonds. The lowest BCUT2D eigenvalue weighted by Crippen LogP contribution is -2.47. The van der Waals surface area contributed by atoms with Crippen LogP contribution in [0.1, 0.15) is 83.6 Å². The summed E-state index contributed by atoms with van der Waals surface area (Å²) in [5.41, 5.74) is 5.17. The lowest BCUT2D eigenvalue weighted by Gasteiger charge is -2.42. The van der Waals surface area contributed by atoms with E-state index in [1.54, 1.807) is 5.56 Å². The highest BCUT2D eigenvalue weighted by molar-refractivity contribution is 5.85. The van der Waals surface area contributed by atoms with Crippen LogP contribution in [0.5, 0.6) is 0 Å². The van der Waals surface area contributed by atoms with E-state index < -0.39 is 0 Å². The Labute approximate surface area is 209 Å². The van der Waals surface area contributed by atoms with Gasteiger partial charge in [0.25, 0.3) is 0 Å². The van der Waals surface area contributed by atoms with Crippen molar-refractivity contribution in [1.29, 1.82) is 0 Å². The molecular formula is C28H48ClN3O. The van der Waals surface area contributed by atoms with Crippen LogP contribution < -0.4 is 9.80 Å². The van der Waals surface area contributed by atoms with Crippen molar-refractivity contribution in [3.05, 3.63) is 23.8 Å². The Morgan fingerprint density at radius 1 is 0.909 bits per heavy atom. The predicted molar refractivity (Wildman–Crippen MR) is 144 cm³/mol. The third-order valence-electron chi connectivity index (χ3n) is 9.09. The van der Waals surface area contributed by atoms with Gasteiger partial charge in [-0.15, -0.1) is 12.4 Å². The molecule has 5 heteroatoms. The van der Waals surface area contributed by atoms with E-state index in [1.807, 2.05) is 7.11 Å². The second kappa shape index (κ2) is 12.1. The van der Waals surface area contributed by atoms with E-state index in [9.17, 15) is 0 Å². The Kier molecular flexibility index (Phi) is 9.79. The van der Waals surface area contributed by atoms with E-state index in [0.717, 1.165) is 19.5 Å². The Balaban J connectivity index is 0.00000306. The first kappa shape index (κ1) is 26.6. The zero-order valence-electron chi connectivity index (χ0n) is 21.7. The second-order valence-electron chi connectivity index (χ2n) is 10.6. The van der Waals surface area contributed by atoms with E-state index in [1.165, 1.54) is 89.0 Å². The number of benzene rings is 1. The van der Waals surface area contributed by atoms with Gasteiger partial charge >= 0.3 is 0 Å². The summed E-state index contributed by atoms with van der Waals surface area (Å²) in [5.74, 6) is 0.714. The van der Waals surface area contributed by atoms with Crippen LogP contribution in [0.2, 0.25) is 0 Å². The molecule has 0 bridgehead atoms. The van der Waals surface area contributed by atoms with E-state index in [-0.39, 0.29) is 12.4 Å². The van der Waals surface area contributed by atoms with Crippen LogP contribution in [0.25, 0.3) is 0 Å². The van der Waals surface area contributed by atoms with Gasteiger partial charge in [0, 0.05) is 57.8 Å². The Hall–Kier alpha value is -0.970. The molecule has 2 aliphatic heterocycles. The van der Waals surface area contributed by atoms with Gasteiger partial charge < -0.3 is 14.5 Å². The maximum Gasteiger partial charge on any atom is 0.0762 e. The van der Waals surface area contributed by atoms with Crippen molar-refractivity contribution in [2.45, 2.75) is 84.2 Å². The van der Waals surface area contributed by atoms with Crippen LogP contribution in [0, 0.1) is 5.41 Å². The first-order valence-electron chi connectivity index (χ1n) is 13.5. The van der Waals surface area contributed by atoms with Crippen molar-refractivity contribution in [3.8, 4) is 0 Å². The zero-order chi connectivity index (χ0) is 22.6. The molecule has 3 fully saturated rings. The number of halogens is 1. The number of anilines is 2. The fourth-order valence-corrected chi connectivity index (χ4v) is 6.54. The van der Waals surface area contributed by atoms with Crippen LogP contribution >= 0.6 is 12.4 Å². The second-order valence-corrected chi connectivity index (χ2v) is 10.6. The molecule has 0 unspecified atom stereocenters. The van der Waals surface area contributed by atoms with Crippen molar-refractivity contribution in [2.24, 2.45) is 5.41 Å². The normalized spacial score (nSPS) is 24.2. The van der Waals surface area contributed by atoms with Gasteiger partial charge in [-0.3, -0.25) is 4.90 Å². The standard InChI is InChI=1S/C28H47N3O.ClH/c1-5-15-29-17-19-30(20-18-29)27-9-8-24(31-16-12-25(22-31)32-4)21-26(27)23-10-13-28(6-2,7-3)14-11-23;/h8-9,21,23,25H,5-7,10-20,22H2,1-4H3;1H/t25-;/m1./s1. The first-order valence-corrected chi connectivity index (χ1v) is 13.5. The molecule has 0 aromatic heterocycles. The van der Waals surface area contributed by atoms with Gasteiger partial charge in [0.05, 0.1) is 6.10 Å². The van der Waals surface area contributed by atoms with Gasteiger partial charge in [0.15, 0.2) is 0 Å². The topological polar surface area (TPSA) is 19.0 Å². The molecule has 2 heterocycles. The fraction of sp³-hybridized carbons (Fsp3) is 0.786. The number of hydrogen-bond donors (Lipinski definition) is 0. The molecule has 0 radical (unpaired) electrons. The summed E-state index contributed by atoms with van der Waals surface area (Å²) in [6.45, 7) is 15.3. The maximum absolute atomic E-state index is 5.65. The quantitative estimate of drug-likeness (QED) is 0.435. The van der Waals surface area contributed by atoms with Crippen molar-refractivity contribution in [3.63, 3.8) is 0 Å². The average molecular weight is 478 g/mol. The van der Waals surface area contributed by atoms with E-state index in [2.05, 4.69) is 53.7 Å². The highest BCUT2D eigenvalue weighted by Crippen LogP contribution is 2.49. The number of methoxy groups -OCH3 is 1. The van der Waals surface area contributed by atoms with Crippen molar-refractivity contribution >= 4 is 23.8 Å². The zero-order valence-corrected chi connectivity index (χ0v) is 22.5. The molecule has 3 aliphatic rings. The summed E-state index contributed by atoms with van der Waals surface area (Å²) in [4.78, 5) is 7.87. The van der Waals surface area contributed by atoms with Crippen LogP contribution in [0.3, 0.4) is 0 Å². The molecular weight excluding hydrogens is 430 g/mol. The summed E-state index contributed by atoms with van der Waals surface area (Å²) < 4.78 is 5.65. The van der Waals surface area contributed by atoms with Crippen LogP contribution in [0.4, 0.5) is 11.4 Å². The van der Waals surface area contributed by atoms with Gasteiger partial charge in [0.1, 0.15) is 0 Å². The minimum Gasteiger partial charge on any atom is -0.380 e. The molecule has 1 saturated carbocycles. The van der Waals surface area contributed by atoms with Gasteiger partial charge in [-0.1, -0.05) is 33.6 Å². The van der Waals surface area contributed by atoms with Crippen molar-refractivity contribution < 1.29 is 4.74 Å². The Morgan fingerprint density at radius 3 is 2.18 bits per heavy atom. The summed E-state index contributed by atoms with van der Waals surface area (Å²) in [7, 11) is 1.86. The molecule has 1 atom stereocenters. The Bertz CT molecular complexity index is 720. The lowest BCUT2D eigenvalue weighted by atomic mass is 9.66. The summed E-state index contributed by atoms with van der Waals surface area (Å²) in [6, 6.07) is 7.42. The maximum atomic E-state index is 5.65. The fourth-order valence-electron chi connectivity index (χ4n) is 6.54. The highest BCUT2D eigenvalue weighted by Gasteiger charge is 2.34. The monoisotopic (exact) mass is 477 g/mol. The number of rotatable bonds is 8. The minimum atomic E-state index is 0. The van der Waals surface area contributed by atoms with Crippen molar-refractivity contribution in [2.75, 3.05) is 62.7 Å². The summed E-state index contributed by atoms with van der Waals surface area (Å²) >= 11 is 0. The first-order chi connectivity index (χ1) is 15.6. The molecule has 1 aromatic rings. The van der Waals surface area contributed by atoms with Gasteiger partial charge in [-0.2, -0.15) is 0 Å². The minimum absolute atomic E-state index is 0. The molecule has 1 aromatic carbocycles.